The number of nitrogens with two attached hydrogens (primary N) is 1. The van der Waals surface area contributed by atoms with E-state index in [-0.39, 0.29) is 0 Å². The smallest absolute Gasteiger partial charge is 0.197 e. The van der Waals surface area contributed by atoms with Crippen LogP contribution in [0.4, 0.5) is 5.69 Å². The molecule has 0 saturated carbocycles. The van der Waals surface area contributed by atoms with Gasteiger partial charge < -0.3 is 10.3 Å². The Morgan fingerprint density at radius 1 is 1.31 bits per heavy atom. The molecule has 2 rings (SSSR count). The summed E-state index contributed by atoms with van der Waals surface area (Å²) in [5.41, 5.74) is 6.58. The fraction of sp³-hybridized carbons (Fsp3) is 0. The van der Waals surface area contributed by atoms with Crippen molar-refractivity contribution in [2.45, 2.75) is 0 Å². The highest BCUT2D eigenvalue weighted by Gasteiger charge is 2.06. The first-order valence-electron chi connectivity index (χ1n) is 3.46. The van der Waals surface area contributed by atoms with Crippen LogP contribution in [0.15, 0.2) is 23.0 Å². The Hall–Kier alpha value is -1.18. The minimum absolute atomic E-state index is 0.515. The van der Waals surface area contributed by atoms with Crippen LogP contribution in [0.5, 0.6) is 0 Å². The maximum Gasteiger partial charge on any atom is 0.197 e. The van der Waals surface area contributed by atoms with E-state index in [0.29, 0.717) is 21.0 Å². The van der Waals surface area contributed by atoms with Crippen molar-refractivity contribution in [3.05, 3.63) is 22.2 Å². The SMILES string of the molecule is Nc1cnc(-c2cc(I)on2)nc1. The number of anilines is 1. The molecule has 66 valence electrons. The lowest BCUT2D eigenvalue weighted by Crippen LogP contribution is -1.91. The third kappa shape index (κ3) is 1.77. The quantitative estimate of drug-likeness (QED) is 0.801. The van der Waals surface area contributed by atoms with Crippen molar-refractivity contribution in [3.63, 3.8) is 0 Å². The van der Waals surface area contributed by atoms with Crippen LogP contribution in [-0.4, -0.2) is 15.1 Å². The molecule has 0 atom stereocenters. The van der Waals surface area contributed by atoms with Crippen LogP contribution < -0.4 is 5.73 Å². The minimum atomic E-state index is 0.515. The van der Waals surface area contributed by atoms with E-state index in [0.717, 1.165) is 0 Å². The van der Waals surface area contributed by atoms with Crippen LogP contribution >= 0.6 is 22.6 Å². The van der Waals surface area contributed by atoms with Gasteiger partial charge in [-0.2, -0.15) is 0 Å². The van der Waals surface area contributed by atoms with Gasteiger partial charge in [-0.1, -0.05) is 5.16 Å². The van der Waals surface area contributed by atoms with Crippen LogP contribution in [0.25, 0.3) is 11.5 Å². The Labute approximate surface area is 87.5 Å². The second-order valence-corrected chi connectivity index (χ2v) is 3.42. The maximum atomic E-state index is 5.44. The molecule has 2 aromatic rings. The molecule has 6 heteroatoms. The number of hydrogen-bond donors (Lipinski definition) is 1. The lowest BCUT2D eigenvalue weighted by Gasteiger charge is -1.92. The van der Waals surface area contributed by atoms with Crippen molar-refractivity contribution < 1.29 is 4.52 Å². The standard InChI is InChI=1S/C7H5IN4O/c8-6-1-5(12-13-6)7-10-2-4(9)3-11-7/h1-3H,9H2. The molecule has 0 aliphatic rings. The van der Waals surface area contributed by atoms with Gasteiger partial charge in [0.25, 0.3) is 0 Å². The third-order valence-electron chi connectivity index (χ3n) is 1.38. The first-order valence-corrected chi connectivity index (χ1v) is 4.54. The fourth-order valence-electron chi connectivity index (χ4n) is 0.829. The van der Waals surface area contributed by atoms with E-state index in [9.17, 15) is 0 Å². The molecule has 5 nitrogen and oxygen atoms in total. The van der Waals surface area contributed by atoms with Gasteiger partial charge in [-0.05, 0) is 0 Å². The fourth-order valence-corrected chi connectivity index (χ4v) is 1.22. The van der Waals surface area contributed by atoms with Gasteiger partial charge in [0.1, 0.15) is 0 Å². The molecule has 0 amide bonds. The van der Waals surface area contributed by atoms with Crippen LogP contribution in [0.3, 0.4) is 0 Å². The highest BCUT2D eigenvalue weighted by Crippen LogP contribution is 2.15. The molecule has 0 aliphatic carbocycles. The molecule has 2 N–H and O–H groups in total. The van der Waals surface area contributed by atoms with Crippen molar-refractivity contribution in [2.75, 3.05) is 5.73 Å². The van der Waals surface area contributed by atoms with Gasteiger partial charge >= 0.3 is 0 Å². The van der Waals surface area contributed by atoms with Gasteiger partial charge in [0, 0.05) is 28.7 Å². The zero-order valence-corrected chi connectivity index (χ0v) is 8.59. The average molecular weight is 288 g/mol. The highest BCUT2D eigenvalue weighted by molar-refractivity contribution is 14.1. The van der Waals surface area contributed by atoms with Crippen LogP contribution in [0.2, 0.25) is 0 Å². The van der Waals surface area contributed by atoms with Crippen LogP contribution in [-0.2, 0) is 0 Å². The number of nitrogen functional groups attached to an aromatic ring is 1. The van der Waals surface area contributed by atoms with Crippen molar-refractivity contribution in [1.82, 2.24) is 15.1 Å². The van der Waals surface area contributed by atoms with Gasteiger partial charge in [-0.25, -0.2) is 9.97 Å². The highest BCUT2D eigenvalue weighted by atomic mass is 127. The van der Waals surface area contributed by atoms with Crippen molar-refractivity contribution in [2.24, 2.45) is 0 Å². The lowest BCUT2D eigenvalue weighted by molar-refractivity contribution is 0.399. The Bertz CT molecular complexity index is 411. The van der Waals surface area contributed by atoms with Gasteiger partial charge in [-0.15, -0.1) is 0 Å². The molecule has 0 radical (unpaired) electrons. The van der Waals surface area contributed by atoms with Crippen molar-refractivity contribution in [3.8, 4) is 11.5 Å². The van der Waals surface area contributed by atoms with Gasteiger partial charge in [0.2, 0.25) is 0 Å². The summed E-state index contributed by atoms with van der Waals surface area (Å²) < 4.78 is 5.58. The molecular formula is C7H5IN4O. The monoisotopic (exact) mass is 288 g/mol. The Morgan fingerprint density at radius 3 is 2.54 bits per heavy atom. The Morgan fingerprint density at radius 2 is 2.00 bits per heavy atom. The average Bonchev–Trinajstić information content (AvgIpc) is 2.53. The molecule has 2 heterocycles. The molecule has 0 bridgehead atoms. The number of aromatic nitrogens is 3. The summed E-state index contributed by atoms with van der Waals surface area (Å²) in [6.07, 6.45) is 3.06. The predicted molar refractivity (Wildman–Crippen MR) is 54.7 cm³/mol. The van der Waals surface area contributed by atoms with Crippen LogP contribution in [0.1, 0.15) is 0 Å². The number of rotatable bonds is 1. The predicted octanol–water partition coefficient (Wildman–Crippen LogP) is 1.32. The number of halogens is 1. The summed E-state index contributed by atoms with van der Waals surface area (Å²) >= 11 is 2.02. The van der Waals surface area contributed by atoms with Crippen molar-refractivity contribution in [1.29, 1.82) is 0 Å². The topological polar surface area (TPSA) is 77.8 Å². The lowest BCUT2D eigenvalue weighted by atomic mass is 10.4. The van der Waals surface area contributed by atoms with Crippen LogP contribution in [0, 0.1) is 3.77 Å². The summed E-state index contributed by atoms with van der Waals surface area (Å²) in [6, 6.07) is 1.76. The third-order valence-corrected chi connectivity index (χ3v) is 1.89. The van der Waals surface area contributed by atoms with E-state index < -0.39 is 0 Å². The van der Waals surface area contributed by atoms with Gasteiger partial charge in [-0.3, -0.25) is 0 Å². The molecule has 0 saturated heterocycles. The first-order chi connectivity index (χ1) is 6.25. The zero-order chi connectivity index (χ0) is 9.26. The van der Waals surface area contributed by atoms with E-state index in [1.807, 2.05) is 22.6 Å². The molecule has 0 aromatic carbocycles. The second-order valence-electron chi connectivity index (χ2n) is 2.36. The molecular weight excluding hydrogens is 283 g/mol. The zero-order valence-electron chi connectivity index (χ0n) is 6.44. The Kier molecular flexibility index (Phi) is 2.13. The van der Waals surface area contributed by atoms with E-state index in [1.165, 1.54) is 12.4 Å². The largest absolute Gasteiger partial charge is 0.396 e. The van der Waals surface area contributed by atoms with Gasteiger partial charge in [0.05, 0.1) is 18.1 Å². The maximum absolute atomic E-state index is 5.44. The Balaban J connectivity index is 2.41. The van der Waals surface area contributed by atoms with E-state index in [1.54, 1.807) is 6.07 Å². The molecule has 2 aromatic heterocycles. The molecule has 13 heavy (non-hydrogen) atoms. The van der Waals surface area contributed by atoms with E-state index in [4.69, 9.17) is 10.3 Å². The summed E-state index contributed by atoms with van der Waals surface area (Å²) in [7, 11) is 0. The number of hydrogen-bond acceptors (Lipinski definition) is 5. The number of nitrogens with zero attached hydrogens (tertiary/aromatic N) is 3. The van der Waals surface area contributed by atoms with E-state index >= 15 is 0 Å². The molecule has 0 spiro atoms. The second kappa shape index (κ2) is 3.29. The molecule has 0 aliphatic heterocycles. The summed E-state index contributed by atoms with van der Waals surface area (Å²) in [5, 5.41) is 3.77. The molecule has 0 fully saturated rings. The van der Waals surface area contributed by atoms with Gasteiger partial charge in [0.15, 0.2) is 15.3 Å². The summed E-state index contributed by atoms with van der Waals surface area (Å²) in [6.45, 7) is 0. The van der Waals surface area contributed by atoms with Crippen molar-refractivity contribution >= 4 is 28.3 Å². The normalized spacial score (nSPS) is 10.2. The minimum Gasteiger partial charge on any atom is -0.396 e. The summed E-state index contributed by atoms with van der Waals surface area (Å²) in [5.74, 6) is 0.515. The van der Waals surface area contributed by atoms with E-state index in [2.05, 4.69) is 15.1 Å². The molecule has 0 unspecified atom stereocenters. The first kappa shape index (κ1) is 8.42. The summed E-state index contributed by atoms with van der Waals surface area (Å²) in [4.78, 5) is 8.00.